The molecule has 0 spiro atoms. The number of hydrogen-bond donors (Lipinski definition) is 2. The molecule has 1 fully saturated rings. The van der Waals surface area contributed by atoms with Crippen LogP contribution >= 0.6 is 0 Å². The lowest BCUT2D eigenvalue weighted by atomic mass is 9.97. The summed E-state index contributed by atoms with van der Waals surface area (Å²) in [6, 6.07) is 8.21. The highest BCUT2D eigenvalue weighted by molar-refractivity contribution is 5.90. The Morgan fingerprint density at radius 3 is 2.81 bits per heavy atom. The van der Waals surface area contributed by atoms with Crippen LogP contribution in [0.25, 0.3) is 0 Å². The number of ether oxygens (including phenoxy) is 1. The number of nitrogens with one attached hydrogen (secondary N) is 2. The van der Waals surface area contributed by atoms with E-state index in [0.29, 0.717) is 12.5 Å². The van der Waals surface area contributed by atoms with Crippen LogP contribution in [0.5, 0.6) is 5.75 Å². The maximum Gasteiger partial charge on any atom is 0.341 e. The van der Waals surface area contributed by atoms with Gasteiger partial charge >= 0.3 is 5.69 Å². The molecule has 0 unspecified atom stereocenters. The minimum Gasteiger partial charge on any atom is -0.497 e. The van der Waals surface area contributed by atoms with Crippen LogP contribution in [-0.4, -0.2) is 71.2 Å². The highest BCUT2D eigenvalue weighted by atomic mass is 16.5. The Hall–Kier alpha value is -2.61. The molecule has 3 rings (SSSR count). The van der Waals surface area contributed by atoms with Crippen molar-refractivity contribution in [3.63, 3.8) is 0 Å². The van der Waals surface area contributed by atoms with Gasteiger partial charge in [0.25, 0.3) is 5.91 Å². The Morgan fingerprint density at radius 1 is 1.37 bits per heavy atom. The molecule has 27 heavy (non-hydrogen) atoms. The fourth-order valence-electron chi connectivity index (χ4n) is 3.61. The van der Waals surface area contributed by atoms with Gasteiger partial charge in [-0.2, -0.15) is 0 Å². The topological polar surface area (TPSA) is 94.3 Å². The third-order valence-electron chi connectivity index (χ3n) is 5.06. The van der Waals surface area contributed by atoms with E-state index in [-0.39, 0.29) is 11.7 Å². The molecule has 8 nitrogen and oxygen atoms in total. The van der Waals surface area contributed by atoms with Gasteiger partial charge in [-0.25, -0.2) is 9.89 Å². The van der Waals surface area contributed by atoms with Crippen molar-refractivity contribution in [2.75, 3.05) is 40.3 Å². The maximum atomic E-state index is 12.3. The molecule has 0 bridgehead atoms. The minimum atomic E-state index is -0.464. The smallest absolute Gasteiger partial charge is 0.341 e. The molecule has 1 aliphatic rings. The Kier molecular flexibility index (Phi) is 6.28. The molecule has 1 aliphatic heterocycles. The van der Waals surface area contributed by atoms with E-state index in [4.69, 9.17) is 4.74 Å². The standard InChI is InChI=1S/C19H27N5O3/c1-23(18(25)17-20-19(26)22-21-17)12-15-4-3-10-24(13-15)11-9-14-5-7-16(27-2)8-6-14/h5-8,15H,3-4,9-13H2,1-2H3,(H2,20,21,22,26)/t15-/m1/s1. The predicted molar refractivity (Wildman–Crippen MR) is 102 cm³/mol. The van der Waals surface area contributed by atoms with Crippen molar-refractivity contribution in [2.24, 2.45) is 5.92 Å². The van der Waals surface area contributed by atoms with Crippen molar-refractivity contribution in [1.82, 2.24) is 25.0 Å². The van der Waals surface area contributed by atoms with E-state index in [1.165, 1.54) is 5.56 Å². The zero-order valence-electron chi connectivity index (χ0n) is 15.9. The zero-order chi connectivity index (χ0) is 19.2. The summed E-state index contributed by atoms with van der Waals surface area (Å²) in [5, 5.41) is 5.95. The number of hydrogen-bond acceptors (Lipinski definition) is 5. The number of carbonyl (C=O) groups is 1. The van der Waals surface area contributed by atoms with Gasteiger partial charge in [0.15, 0.2) is 0 Å². The third kappa shape index (κ3) is 5.19. The van der Waals surface area contributed by atoms with Crippen LogP contribution in [0.3, 0.4) is 0 Å². The number of likely N-dealkylation sites (tertiary alicyclic amines) is 1. The summed E-state index contributed by atoms with van der Waals surface area (Å²) in [5.74, 6) is 1.11. The van der Waals surface area contributed by atoms with Crippen LogP contribution in [0.1, 0.15) is 29.0 Å². The number of aromatic amines is 2. The van der Waals surface area contributed by atoms with Crippen molar-refractivity contribution in [2.45, 2.75) is 19.3 Å². The van der Waals surface area contributed by atoms with E-state index in [1.54, 1.807) is 19.1 Å². The maximum absolute atomic E-state index is 12.3. The van der Waals surface area contributed by atoms with Crippen LogP contribution < -0.4 is 10.4 Å². The SMILES string of the molecule is COc1ccc(CCN2CCC[C@H](CN(C)C(=O)c3n[nH]c(=O)[nH]3)C2)cc1. The van der Waals surface area contributed by atoms with E-state index in [1.807, 2.05) is 12.1 Å². The predicted octanol–water partition coefficient (Wildman–Crippen LogP) is 1.13. The van der Waals surface area contributed by atoms with E-state index >= 15 is 0 Å². The Morgan fingerprint density at radius 2 is 2.15 bits per heavy atom. The number of carbonyl (C=O) groups excluding carboxylic acids is 1. The number of aromatic nitrogens is 3. The summed E-state index contributed by atoms with van der Waals surface area (Å²) in [7, 11) is 3.43. The Labute approximate surface area is 158 Å². The molecular formula is C19H27N5O3. The lowest BCUT2D eigenvalue weighted by molar-refractivity contribution is 0.0719. The summed E-state index contributed by atoms with van der Waals surface area (Å²) in [5.41, 5.74) is 0.835. The van der Waals surface area contributed by atoms with E-state index in [9.17, 15) is 9.59 Å². The molecule has 1 amide bonds. The summed E-state index contributed by atoms with van der Waals surface area (Å²) >= 11 is 0. The Balaban J connectivity index is 1.48. The van der Waals surface area contributed by atoms with Gasteiger partial charge in [0.05, 0.1) is 7.11 Å². The lowest BCUT2D eigenvalue weighted by Gasteiger charge is -2.34. The summed E-state index contributed by atoms with van der Waals surface area (Å²) < 4.78 is 5.20. The Bertz CT molecular complexity index is 798. The first kappa shape index (κ1) is 19.2. The third-order valence-corrected chi connectivity index (χ3v) is 5.06. The van der Waals surface area contributed by atoms with Gasteiger partial charge in [-0.1, -0.05) is 12.1 Å². The highest BCUT2D eigenvalue weighted by Crippen LogP contribution is 2.19. The first-order chi connectivity index (χ1) is 13.0. The van der Waals surface area contributed by atoms with Crippen LogP contribution in [0.2, 0.25) is 0 Å². The number of amides is 1. The normalized spacial score (nSPS) is 17.6. The first-order valence-corrected chi connectivity index (χ1v) is 9.30. The number of rotatable bonds is 7. The van der Waals surface area contributed by atoms with Gasteiger partial charge in [-0.05, 0) is 49.4 Å². The number of H-pyrrole nitrogens is 2. The van der Waals surface area contributed by atoms with Crippen molar-refractivity contribution >= 4 is 5.91 Å². The van der Waals surface area contributed by atoms with Gasteiger partial charge in [0, 0.05) is 26.7 Å². The van der Waals surface area contributed by atoms with Gasteiger partial charge in [-0.15, -0.1) is 5.10 Å². The molecule has 146 valence electrons. The number of piperidine rings is 1. The fraction of sp³-hybridized carbons (Fsp3) is 0.526. The molecule has 2 aromatic rings. The van der Waals surface area contributed by atoms with E-state index in [0.717, 1.165) is 44.6 Å². The summed E-state index contributed by atoms with van der Waals surface area (Å²) in [4.78, 5) is 30.0. The quantitative estimate of drug-likeness (QED) is 0.759. The minimum absolute atomic E-state index is 0.0645. The van der Waals surface area contributed by atoms with Gasteiger partial charge in [-0.3, -0.25) is 9.78 Å². The molecule has 1 aromatic carbocycles. The molecule has 2 heterocycles. The molecule has 0 saturated carbocycles. The second-order valence-corrected chi connectivity index (χ2v) is 7.12. The molecule has 2 N–H and O–H groups in total. The number of nitrogens with zero attached hydrogens (tertiary/aromatic N) is 3. The van der Waals surface area contributed by atoms with Gasteiger partial charge in [0.1, 0.15) is 5.75 Å². The zero-order valence-corrected chi connectivity index (χ0v) is 15.9. The molecule has 1 atom stereocenters. The van der Waals surface area contributed by atoms with Crippen LogP contribution in [-0.2, 0) is 6.42 Å². The molecular weight excluding hydrogens is 346 g/mol. The van der Waals surface area contributed by atoms with E-state index < -0.39 is 5.69 Å². The molecule has 1 saturated heterocycles. The lowest BCUT2D eigenvalue weighted by Crippen LogP contribution is -2.42. The van der Waals surface area contributed by atoms with Crippen LogP contribution in [0.15, 0.2) is 29.1 Å². The molecule has 8 heteroatoms. The number of methoxy groups -OCH3 is 1. The summed E-state index contributed by atoms with van der Waals surface area (Å²) in [6.07, 6.45) is 3.24. The second kappa shape index (κ2) is 8.85. The van der Waals surface area contributed by atoms with E-state index in [2.05, 4.69) is 32.2 Å². The molecule has 0 radical (unpaired) electrons. The molecule has 1 aromatic heterocycles. The summed E-state index contributed by atoms with van der Waals surface area (Å²) in [6.45, 7) is 3.74. The average Bonchev–Trinajstić information content (AvgIpc) is 3.12. The van der Waals surface area contributed by atoms with Crippen molar-refractivity contribution < 1.29 is 9.53 Å². The van der Waals surface area contributed by atoms with Crippen molar-refractivity contribution in [3.8, 4) is 5.75 Å². The average molecular weight is 373 g/mol. The fourth-order valence-corrected chi connectivity index (χ4v) is 3.61. The van der Waals surface area contributed by atoms with Gasteiger partial charge in [0.2, 0.25) is 5.82 Å². The van der Waals surface area contributed by atoms with Crippen molar-refractivity contribution in [1.29, 1.82) is 0 Å². The van der Waals surface area contributed by atoms with Gasteiger partial charge < -0.3 is 14.5 Å². The van der Waals surface area contributed by atoms with Crippen molar-refractivity contribution in [3.05, 3.63) is 46.1 Å². The second-order valence-electron chi connectivity index (χ2n) is 7.12. The van der Waals surface area contributed by atoms with Crippen LogP contribution in [0, 0.1) is 5.92 Å². The largest absolute Gasteiger partial charge is 0.497 e. The highest BCUT2D eigenvalue weighted by Gasteiger charge is 2.24. The van der Waals surface area contributed by atoms with Crippen LogP contribution in [0.4, 0.5) is 0 Å². The molecule has 0 aliphatic carbocycles. The number of benzene rings is 1. The first-order valence-electron chi connectivity index (χ1n) is 9.30. The monoisotopic (exact) mass is 373 g/mol.